The van der Waals surface area contributed by atoms with Crippen LogP contribution < -0.4 is 4.52 Å². The molecule has 2 rings (SSSR count). The first-order valence-corrected chi connectivity index (χ1v) is 13.9. The predicted octanol–water partition coefficient (Wildman–Crippen LogP) is 4.55. The van der Waals surface area contributed by atoms with Crippen LogP contribution in [0.1, 0.15) is 17.5 Å². The van der Waals surface area contributed by atoms with Gasteiger partial charge in [0, 0.05) is 88.9 Å². The SMILES string of the molecule is CS(=O)(=O)c1cccc(C#CCCSCc2ccc(OP(=O)(O)C(F)F)c(Br)c2)c1.[Na].[Na]. The standard InChI is InChI=1S/C19H18BrF2O5PS2.2Na/c1-30(25,26)16-7-4-6-14(11-16)5-2-3-10-29-13-15-8-9-18(17(20)12-15)27-28(23,24)19(21)22;;/h4,6-9,11-12,19H,3,10,13H2,1H3,(H,23,24);;. The number of hydrogen-bond acceptors (Lipinski definition) is 5. The van der Waals surface area contributed by atoms with Crippen molar-refractivity contribution in [3.63, 3.8) is 0 Å². The molecule has 0 aliphatic heterocycles. The van der Waals surface area contributed by atoms with E-state index in [1.54, 1.807) is 36.0 Å². The van der Waals surface area contributed by atoms with Crippen molar-refractivity contribution < 1.29 is 31.2 Å². The number of halogens is 3. The molecule has 0 aromatic heterocycles. The third kappa shape index (κ3) is 10.9. The van der Waals surface area contributed by atoms with E-state index in [-0.39, 0.29) is 69.8 Å². The first-order chi connectivity index (χ1) is 14.0. The molecule has 164 valence electrons. The summed E-state index contributed by atoms with van der Waals surface area (Å²) in [6, 6.07) is 11.1. The van der Waals surface area contributed by atoms with Gasteiger partial charge in [-0.3, -0.25) is 0 Å². The van der Waals surface area contributed by atoms with Gasteiger partial charge in [0.05, 0.1) is 9.37 Å². The molecule has 0 bridgehead atoms. The van der Waals surface area contributed by atoms with Crippen LogP contribution in [-0.4, -0.2) is 90.6 Å². The molecular weight excluding hydrogens is 567 g/mol. The molecule has 0 saturated carbocycles. The Hall–Kier alpha value is 0.630. The largest absolute Gasteiger partial charge is 0.442 e. The fourth-order valence-electron chi connectivity index (χ4n) is 2.17. The third-order valence-electron chi connectivity index (χ3n) is 3.61. The van der Waals surface area contributed by atoms with E-state index in [4.69, 9.17) is 4.89 Å². The van der Waals surface area contributed by atoms with Gasteiger partial charge in [0.15, 0.2) is 9.84 Å². The van der Waals surface area contributed by atoms with E-state index >= 15 is 0 Å². The Balaban J connectivity index is 0.00000480. The third-order valence-corrected chi connectivity index (χ3v) is 7.32. The molecule has 2 radical (unpaired) electrons. The minimum atomic E-state index is -5.02. The Morgan fingerprint density at radius 2 is 1.91 bits per heavy atom. The Morgan fingerprint density at radius 1 is 1.22 bits per heavy atom. The molecular formula is C19H18BrF2Na2O5PS2. The van der Waals surface area contributed by atoms with Crippen molar-refractivity contribution in [1.29, 1.82) is 0 Å². The molecule has 2 aromatic rings. The summed E-state index contributed by atoms with van der Waals surface area (Å²) >= 11 is 4.75. The van der Waals surface area contributed by atoms with Crippen LogP contribution in [0.15, 0.2) is 51.8 Å². The zero-order valence-corrected chi connectivity index (χ0v) is 25.8. The quantitative estimate of drug-likeness (QED) is 0.212. The van der Waals surface area contributed by atoms with Crippen molar-refractivity contribution in [2.45, 2.75) is 23.2 Å². The molecule has 0 fully saturated rings. The second-order valence-electron chi connectivity index (χ2n) is 6.10. The maximum absolute atomic E-state index is 12.5. The summed E-state index contributed by atoms with van der Waals surface area (Å²) < 4.78 is 64.2. The van der Waals surface area contributed by atoms with Crippen molar-refractivity contribution in [2.75, 3.05) is 12.0 Å². The molecule has 0 spiro atoms. The van der Waals surface area contributed by atoms with Gasteiger partial charge in [-0.2, -0.15) is 20.5 Å². The second kappa shape index (κ2) is 14.9. The van der Waals surface area contributed by atoms with Crippen molar-refractivity contribution in [2.24, 2.45) is 0 Å². The van der Waals surface area contributed by atoms with E-state index in [9.17, 15) is 21.8 Å². The summed E-state index contributed by atoms with van der Waals surface area (Å²) in [5, 5.41) is 0. The molecule has 5 nitrogen and oxygen atoms in total. The smallest absolute Gasteiger partial charge is 0.420 e. The number of alkyl halides is 2. The molecule has 1 unspecified atom stereocenters. The number of thioether (sulfide) groups is 1. The molecule has 1 N–H and O–H groups in total. The van der Waals surface area contributed by atoms with Crippen LogP contribution in [0.2, 0.25) is 0 Å². The van der Waals surface area contributed by atoms with Gasteiger partial charge in [-0.25, -0.2) is 13.0 Å². The first kappa shape index (κ1) is 32.6. The molecule has 1 atom stereocenters. The van der Waals surface area contributed by atoms with Gasteiger partial charge in [0.25, 0.3) is 0 Å². The first-order valence-electron chi connectivity index (χ1n) is 8.44. The Labute approximate surface area is 243 Å². The fraction of sp³-hybridized carbons (Fsp3) is 0.263. The molecule has 0 heterocycles. The van der Waals surface area contributed by atoms with Gasteiger partial charge in [-0.15, -0.1) is 0 Å². The summed E-state index contributed by atoms with van der Waals surface area (Å²) in [4.78, 5) is 9.35. The Morgan fingerprint density at radius 3 is 2.50 bits per heavy atom. The number of sulfone groups is 1. The van der Waals surface area contributed by atoms with Crippen molar-refractivity contribution in [3.05, 3.63) is 58.1 Å². The van der Waals surface area contributed by atoms with Crippen LogP contribution in [0, 0.1) is 11.8 Å². The van der Waals surface area contributed by atoms with Crippen LogP contribution in [0.4, 0.5) is 8.78 Å². The van der Waals surface area contributed by atoms with Gasteiger partial charge in [-0.05, 0) is 51.8 Å². The van der Waals surface area contributed by atoms with Crippen LogP contribution in [0.25, 0.3) is 0 Å². The van der Waals surface area contributed by atoms with Gasteiger partial charge < -0.3 is 9.42 Å². The van der Waals surface area contributed by atoms with E-state index in [1.165, 1.54) is 18.2 Å². The maximum atomic E-state index is 12.5. The average molecular weight is 585 g/mol. The average Bonchev–Trinajstić information content (AvgIpc) is 2.66. The van der Waals surface area contributed by atoms with Crippen molar-refractivity contribution >= 4 is 104 Å². The molecule has 13 heteroatoms. The summed E-state index contributed by atoms with van der Waals surface area (Å²) in [6.07, 6.45) is -1.73. The summed E-state index contributed by atoms with van der Waals surface area (Å²) in [6.45, 7) is 0. The Bertz CT molecular complexity index is 1120. The second-order valence-corrected chi connectivity index (χ2v) is 11.8. The maximum Gasteiger partial charge on any atom is 0.442 e. The van der Waals surface area contributed by atoms with E-state index in [2.05, 4.69) is 32.3 Å². The Kier molecular flexibility index (Phi) is 15.2. The topological polar surface area (TPSA) is 80.7 Å². The predicted molar refractivity (Wildman–Crippen MR) is 129 cm³/mol. The summed E-state index contributed by atoms with van der Waals surface area (Å²) in [5.74, 6) is 7.16. The number of benzene rings is 2. The van der Waals surface area contributed by atoms with Crippen LogP contribution in [0.3, 0.4) is 0 Å². The summed E-state index contributed by atoms with van der Waals surface area (Å²) in [5.41, 5.74) is 1.50. The van der Waals surface area contributed by atoms with Crippen LogP contribution in [-0.2, 0) is 20.2 Å². The normalized spacial score (nSPS) is 12.6. The van der Waals surface area contributed by atoms with E-state index < -0.39 is 23.6 Å². The molecule has 2 aromatic carbocycles. The van der Waals surface area contributed by atoms with Crippen molar-refractivity contribution in [1.82, 2.24) is 0 Å². The van der Waals surface area contributed by atoms with Crippen molar-refractivity contribution in [3.8, 4) is 17.6 Å². The molecule has 0 aliphatic rings. The zero-order valence-electron chi connectivity index (χ0n) is 17.7. The zero-order chi connectivity index (χ0) is 22.4. The van der Waals surface area contributed by atoms with Gasteiger partial charge in [0.1, 0.15) is 5.75 Å². The molecule has 0 aliphatic carbocycles. The minimum Gasteiger partial charge on any atom is -0.420 e. The van der Waals surface area contributed by atoms with E-state index in [0.717, 1.165) is 17.6 Å². The number of rotatable bonds is 8. The van der Waals surface area contributed by atoms with Gasteiger partial charge >= 0.3 is 13.8 Å². The number of hydrogen-bond donors (Lipinski definition) is 1. The van der Waals surface area contributed by atoms with Gasteiger partial charge in [-0.1, -0.05) is 24.0 Å². The van der Waals surface area contributed by atoms with Gasteiger partial charge in [0.2, 0.25) is 0 Å². The van der Waals surface area contributed by atoms with Crippen LogP contribution in [0.5, 0.6) is 5.75 Å². The fourth-order valence-corrected chi connectivity index (χ4v) is 4.80. The van der Waals surface area contributed by atoms with E-state index in [0.29, 0.717) is 22.2 Å². The monoisotopic (exact) mass is 584 g/mol. The molecule has 32 heavy (non-hydrogen) atoms. The van der Waals surface area contributed by atoms with E-state index in [1.807, 2.05) is 0 Å². The van der Waals surface area contributed by atoms with Crippen LogP contribution >= 0.6 is 35.3 Å². The molecule has 0 amide bonds. The summed E-state index contributed by atoms with van der Waals surface area (Å²) in [7, 11) is -8.29. The molecule has 0 saturated heterocycles. The minimum absolute atomic E-state index is 0.